The lowest BCUT2D eigenvalue weighted by molar-refractivity contribution is 0.415. The first kappa shape index (κ1) is 15.4. The fourth-order valence-electron chi connectivity index (χ4n) is 3.14. The predicted octanol–water partition coefficient (Wildman–Crippen LogP) is 5.88. The molecular formula is C23H19NO. The number of pyridine rings is 1. The molecule has 122 valence electrons. The van der Waals surface area contributed by atoms with Crippen LogP contribution in [0.5, 0.6) is 5.75 Å². The highest BCUT2D eigenvalue weighted by molar-refractivity contribution is 6.06. The predicted molar refractivity (Wildman–Crippen MR) is 106 cm³/mol. The summed E-state index contributed by atoms with van der Waals surface area (Å²) in [5.74, 6) is 0.864. The summed E-state index contributed by atoms with van der Waals surface area (Å²) in [5.41, 5.74) is 4.40. The molecule has 0 saturated carbocycles. The normalized spacial score (nSPS) is 11.4. The van der Waals surface area contributed by atoms with Crippen LogP contribution in [0.2, 0.25) is 0 Å². The number of nitrogens with zero attached hydrogens (tertiary/aromatic N) is 1. The van der Waals surface area contributed by atoms with Crippen LogP contribution in [0.3, 0.4) is 0 Å². The van der Waals surface area contributed by atoms with Crippen LogP contribution in [0.25, 0.3) is 33.8 Å². The van der Waals surface area contributed by atoms with Crippen molar-refractivity contribution in [3.63, 3.8) is 0 Å². The molecule has 2 nitrogen and oxygen atoms in total. The van der Waals surface area contributed by atoms with Crippen LogP contribution < -0.4 is 4.74 Å². The van der Waals surface area contributed by atoms with Crippen molar-refractivity contribution in [2.75, 3.05) is 7.11 Å². The van der Waals surface area contributed by atoms with Gasteiger partial charge in [-0.15, -0.1) is 0 Å². The average Bonchev–Trinajstić information content (AvgIpc) is 2.66. The molecule has 0 amide bonds. The smallest absolute Gasteiger partial charge is 0.118 e. The second-order valence-electron chi connectivity index (χ2n) is 6.15. The van der Waals surface area contributed by atoms with Crippen molar-refractivity contribution in [2.24, 2.45) is 0 Å². The monoisotopic (exact) mass is 325 g/mol. The summed E-state index contributed by atoms with van der Waals surface area (Å²) in [4.78, 5) is 4.90. The highest BCUT2D eigenvalue weighted by atomic mass is 16.5. The molecule has 0 aliphatic rings. The molecule has 3 aromatic carbocycles. The first-order valence-corrected chi connectivity index (χ1v) is 8.36. The lowest BCUT2D eigenvalue weighted by Gasteiger charge is -2.07. The Hall–Kier alpha value is -3.13. The summed E-state index contributed by atoms with van der Waals surface area (Å²) in [5, 5.41) is 3.63. The van der Waals surface area contributed by atoms with E-state index >= 15 is 0 Å². The number of methoxy groups -OCH3 is 1. The van der Waals surface area contributed by atoms with Gasteiger partial charge in [-0.1, -0.05) is 54.6 Å². The van der Waals surface area contributed by atoms with Crippen molar-refractivity contribution < 1.29 is 4.74 Å². The third kappa shape index (κ3) is 2.99. The maximum absolute atomic E-state index is 5.20. The van der Waals surface area contributed by atoms with Gasteiger partial charge in [0.25, 0.3) is 0 Å². The van der Waals surface area contributed by atoms with Gasteiger partial charge in [0.1, 0.15) is 5.75 Å². The third-order valence-corrected chi connectivity index (χ3v) is 4.49. The fraction of sp³-hybridized carbons (Fsp3) is 0.0870. The van der Waals surface area contributed by atoms with E-state index in [1.165, 1.54) is 21.7 Å². The molecule has 0 bridgehead atoms. The number of aromatic nitrogens is 1. The summed E-state index contributed by atoms with van der Waals surface area (Å²) < 4.78 is 5.20. The van der Waals surface area contributed by atoms with Gasteiger partial charge in [0.05, 0.1) is 18.3 Å². The van der Waals surface area contributed by atoms with Crippen molar-refractivity contribution in [3.8, 4) is 5.75 Å². The SMILES string of the molecule is COc1ccc(/C=C/c2cc(C)c3ccc4ccccc4c3n2)cc1. The van der Waals surface area contributed by atoms with Crippen LogP contribution in [0.15, 0.2) is 66.7 Å². The zero-order valence-corrected chi connectivity index (χ0v) is 14.4. The molecule has 25 heavy (non-hydrogen) atoms. The quantitative estimate of drug-likeness (QED) is 0.439. The van der Waals surface area contributed by atoms with E-state index in [9.17, 15) is 0 Å². The number of aryl methyl sites for hydroxylation is 1. The zero-order valence-electron chi connectivity index (χ0n) is 14.4. The highest BCUT2D eigenvalue weighted by Crippen LogP contribution is 2.27. The van der Waals surface area contributed by atoms with E-state index < -0.39 is 0 Å². The number of ether oxygens (including phenoxy) is 1. The van der Waals surface area contributed by atoms with Gasteiger partial charge < -0.3 is 4.74 Å². The minimum atomic E-state index is 0.864. The first-order chi connectivity index (χ1) is 12.2. The largest absolute Gasteiger partial charge is 0.497 e. The molecule has 0 spiro atoms. The van der Waals surface area contributed by atoms with Crippen LogP contribution >= 0.6 is 0 Å². The Morgan fingerprint density at radius 3 is 2.44 bits per heavy atom. The van der Waals surface area contributed by atoms with E-state index in [4.69, 9.17) is 9.72 Å². The highest BCUT2D eigenvalue weighted by Gasteiger charge is 2.05. The van der Waals surface area contributed by atoms with Crippen molar-refractivity contribution in [1.82, 2.24) is 4.98 Å². The van der Waals surface area contributed by atoms with Gasteiger partial charge in [0.2, 0.25) is 0 Å². The second-order valence-corrected chi connectivity index (χ2v) is 6.15. The zero-order chi connectivity index (χ0) is 17.2. The summed E-state index contributed by atoms with van der Waals surface area (Å²) in [6, 6.07) is 22.9. The molecule has 4 rings (SSSR count). The van der Waals surface area contributed by atoms with Crippen LogP contribution in [0, 0.1) is 6.92 Å². The minimum absolute atomic E-state index is 0.864. The van der Waals surface area contributed by atoms with Crippen molar-refractivity contribution in [2.45, 2.75) is 6.92 Å². The molecular weight excluding hydrogens is 306 g/mol. The number of rotatable bonds is 3. The van der Waals surface area contributed by atoms with E-state index in [-0.39, 0.29) is 0 Å². The Morgan fingerprint density at radius 2 is 1.64 bits per heavy atom. The Labute approximate surface area is 147 Å². The van der Waals surface area contributed by atoms with Gasteiger partial charge in [-0.05, 0) is 47.7 Å². The standard InChI is InChI=1S/C23H19NO/c1-16-15-19(11-7-17-8-12-20(25-2)13-9-17)24-23-21(16)14-10-18-5-3-4-6-22(18)23/h3-15H,1-2H3/b11-7+. The number of hydrogen-bond donors (Lipinski definition) is 0. The van der Waals surface area contributed by atoms with Crippen molar-refractivity contribution >= 4 is 33.8 Å². The minimum Gasteiger partial charge on any atom is -0.497 e. The summed E-state index contributed by atoms with van der Waals surface area (Å²) in [7, 11) is 1.68. The van der Waals surface area contributed by atoms with Gasteiger partial charge >= 0.3 is 0 Å². The molecule has 1 heterocycles. The van der Waals surface area contributed by atoms with Gasteiger partial charge in [0.15, 0.2) is 0 Å². The van der Waals surface area contributed by atoms with E-state index in [1.54, 1.807) is 7.11 Å². The molecule has 0 fully saturated rings. The molecule has 0 saturated heterocycles. The van der Waals surface area contributed by atoms with Gasteiger partial charge in [-0.2, -0.15) is 0 Å². The van der Waals surface area contributed by atoms with E-state index in [0.717, 1.165) is 22.5 Å². The van der Waals surface area contributed by atoms with Gasteiger partial charge in [-0.25, -0.2) is 4.98 Å². The maximum Gasteiger partial charge on any atom is 0.118 e. The van der Waals surface area contributed by atoms with Gasteiger partial charge in [0, 0.05) is 10.8 Å². The molecule has 2 heteroatoms. The van der Waals surface area contributed by atoms with Crippen LogP contribution in [0.1, 0.15) is 16.8 Å². The Balaban J connectivity index is 1.79. The summed E-state index contributed by atoms with van der Waals surface area (Å²) in [6.07, 6.45) is 4.15. The number of fused-ring (bicyclic) bond motifs is 3. The molecule has 4 aromatic rings. The summed E-state index contributed by atoms with van der Waals surface area (Å²) in [6.45, 7) is 2.14. The van der Waals surface area contributed by atoms with Crippen molar-refractivity contribution in [1.29, 1.82) is 0 Å². The molecule has 0 aliphatic carbocycles. The molecule has 0 unspecified atom stereocenters. The lowest BCUT2D eigenvalue weighted by atomic mass is 10.0. The summed E-state index contributed by atoms with van der Waals surface area (Å²) >= 11 is 0. The number of benzene rings is 3. The van der Waals surface area contributed by atoms with Crippen LogP contribution in [-0.4, -0.2) is 12.1 Å². The molecule has 0 N–H and O–H groups in total. The van der Waals surface area contributed by atoms with Crippen LogP contribution in [-0.2, 0) is 0 Å². The first-order valence-electron chi connectivity index (χ1n) is 8.36. The third-order valence-electron chi connectivity index (χ3n) is 4.49. The Bertz CT molecular complexity index is 1080. The van der Waals surface area contributed by atoms with Crippen LogP contribution in [0.4, 0.5) is 0 Å². The average molecular weight is 325 g/mol. The van der Waals surface area contributed by atoms with E-state index in [1.807, 2.05) is 24.3 Å². The van der Waals surface area contributed by atoms with E-state index in [2.05, 4.69) is 61.5 Å². The molecule has 0 atom stereocenters. The number of hydrogen-bond acceptors (Lipinski definition) is 2. The molecule has 0 aliphatic heterocycles. The van der Waals surface area contributed by atoms with Gasteiger partial charge in [-0.3, -0.25) is 0 Å². The van der Waals surface area contributed by atoms with Crippen molar-refractivity contribution in [3.05, 3.63) is 83.6 Å². The fourth-order valence-corrected chi connectivity index (χ4v) is 3.14. The molecule has 0 radical (unpaired) electrons. The molecule has 1 aromatic heterocycles. The van der Waals surface area contributed by atoms with E-state index in [0.29, 0.717) is 0 Å². The topological polar surface area (TPSA) is 22.1 Å². The lowest BCUT2D eigenvalue weighted by Crippen LogP contribution is -1.89. The Morgan fingerprint density at radius 1 is 0.840 bits per heavy atom. The maximum atomic E-state index is 5.20. The second kappa shape index (κ2) is 6.40. The Kier molecular flexibility index (Phi) is 3.95.